The molecular weight excluding hydrogens is 490 g/mol. The summed E-state index contributed by atoms with van der Waals surface area (Å²) < 4.78 is 0. The monoisotopic (exact) mass is 523 g/mol. The highest BCUT2D eigenvalue weighted by Crippen LogP contribution is 2.22. The number of carbonyl (C=O) groups is 2. The van der Waals surface area contributed by atoms with E-state index < -0.39 is 11.0 Å². The topological polar surface area (TPSA) is 102 Å². The Labute approximate surface area is 215 Å². The summed E-state index contributed by atoms with van der Waals surface area (Å²) in [5.41, 5.74) is 5.05. The van der Waals surface area contributed by atoms with Crippen molar-refractivity contribution in [1.29, 1.82) is 0 Å². The molecule has 9 nitrogen and oxygen atoms in total. The van der Waals surface area contributed by atoms with Crippen LogP contribution in [0.2, 0.25) is 5.15 Å². The first-order valence-electron chi connectivity index (χ1n) is 11.8. The number of hydrogen-bond acceptors (Lipinski definition) is 7. The predicted octanol–water partition coefficient (Wildman–Crippen LogP) is 2.95. The number of likely N-dealkylation sites (tertiary alicyclic amines) is 1. The highest BCUT2D eigenvalue weighted by molar-refractivity contribution is 7.07. The number of amides is 3. The molecule has 3 heterocycles. The number of hydroxylamine groups is 3. The van der Waals surface area contributed by atoms with Crippen LogP contribution in [0, 0.1) is 19.1 Å². The summed E-state index contributed by atoms with van der Waals surface area (Å²) in [5, 5.41) is 16.6. The first kappa shape index (κ1) is 27.5. The number of aromatic nitrogens is 1. The third-order valence-electron chi connectivity index (χ3n) is 6.58. The maximum absolute atomic E-state index is 12.8. The number of rotatable bonds is 9. The van der Waals surface area contributed by atoms with E-state index in [1.54, 1.807) is 31.3 Å². The summed E-state index contributed by atoms with van der Waals surface area (Å²) in [7, 11) is 1.43. The molecule has 35 heavy (non-hydrogen) atoms. The number of hydrogen-bond donors (Lipinski definition) is 2. The Kier molecular flexibility index (Phi) is 10.0. The van der Waals surface area contributed by atoms with Crippen molar-refractivity contribution in [2.75, 3.05) is 26.7 Å². The summed E-state index contributed by atoms with van der Waals surface area (Å²) in [4.78, 5) is 38.5. The van der Waals surface area contributed by atoms with Gasteiger partial charge in [-0.15, -0.1) is 0 Å². The van der Waals surface area contributed by atoms with Crippen molar-refractivity contribution in [3.8, 4) is 0 Å². The van der Waals surface area contributed by atoms with Crippen LogP contribution in [-0.2, 0) is 11.4 Å². The molecule has 0 spiro atoms. The van der Waals surface area contributed by atoms with E-state index in [0.717, 1.165) is 31.5 Å². The Morgan fingerprint density at radius 1 is 1.40 bits per heavy atom. The minimum absolute atomic E-state index is 0.0973. The standard InChI is InChI=1S/C24H34ClN5O4S/c1-16-13-21(25)26-18(3)22(16)23(31)30(33)11-5-17(2)28-9-6-20(7-10-28)29(24(32)27-34-4)14-19-8-12-35-15-19/h8,12-13,15,17,20,30H,5-7,9-11,14H2,1-4H3,(H,27,32)/t17-/m1/s1. The molecule has 2 atom stereocenters. The van der Waals surface area contributed by atoms with Crippen LogP contribution in [-0.4, -0.2) is 65.5 Å². The Balaban J connectivity index is 1.52. The van der Waals surface area contributed by atoms with Gasteiger partial charge in [-0.1, -0.05) is 11.6 Å². The lowest BCUT2D eigenvalue weighted by atomic mass is 10.0. The largest absolute Gasteiger partial charge is 0.626 e. The number of aryl methyl sites for hydroxylation is 2. The van der Waals surface area contributed by atoms with E-state index in [9.17, 15) is 14.8 Å². The van der Waals surface area contributed by atoms with Gasteiger partial charge in [0.05, 0.1) is 19.3 Å². The maximum atomic E-state index is 12.8. The predicted molar refractivity (Wildman–Crippen MR) is 136 cm³/mol. The smallest absolute Gasteiger partial charge is 0.346 e. The fourth-order valence-electron chi connectivity index (χ4n) is 4.63. The molecule has 1 aliphatic rings. The normalized spacial score (nSPS) is 16.6. The van der Waals surface area contributed by atoms with E-state index in [4.69, 9.17) is 16.4 Å². The number of quaternary nitrogens is 1. The second-order valence-corrected chi connectivity index (χ2v) is 10.2. The van der Waals surface area contributed by atoms with Crippen LogP contribution in [0.15, 0.2) is 22.9 Å². The fourth-order valence-corrected chi connectivity index (χ4v) is 5.58. The lowest BCUT2D eigenvalue weighted by Crippen LogP contribution is -3.10. The van der Waals surface area contributed by atoms with E-state index in [-0.39, 0.29) is 24.7 Å². The number of piperidine rings is 1. The Morgan fingerprint density at radius 2 is 2.11 bits per heavy atom. The molecule has 0 bridgehead atoms. The van der Waals surface area contributed by atoms with Crippen molar-refractivity contribution in [2.24, 2.45) is 0 Å². The SMILES string of the molecule is CONC(=O)N(Cc1ccsc1)C1CCN([C@H](C)CC[NH+]([O-])C(=O)c2c(C)cc(Cl)nc2C)CC1. The van der Waals surface area contributed by atoms with Gasteiger partial charge >= 0.3 is 11.9 Å². The molecule has 0 aromatic carbocycles. The van der Waals surface area contributed by atoms with Crippen LogP contribution < -0.4 is 10.5 Å². The van der Waals surface area contributed by atoms with Crippen molar-refractivity contribution in [1.82, 2.24) is 20.3 Å². The third kappa shape index (κ3) is 7.22. The number of halogens is 1. The Bertz CT molecular complexity index is 975. The Morgan fingerprint density at radius 3 is 2.71 bits per heavy atom. The van der Waals surface area contributed by atoms with E-state index in [1.165, 1.54) is 7.11 Å². The first-order valence-corrected chi connectivity index (χ1v) is 13.1. The molecule has 0 aliphatic carbocycles. The number of thiophene rings is 1. The van der Waals surface area contributed by atoms with Crippen molar-refractivity contribution < 1.29 is 19.5 Å². The van der Waals surface area contributed by atoms with Gasteiger partial charge in [0.2, 0.25) is 0 Å². The van der Waals surface area contributed by atoms with Crippen LogP contribution in [0.5, 0.6) is 0 Å². The van der Waals surface area contributed by atoms with Crippen LogP contribution >= 0.6 is 22.9 Å². The van der Waals surface area contributed by atoms with E-state index >= 15 is 0 Å². The summed E-state index contributed by atoms with van der Waals surface area (Å²) in [6, 6.07) is 3.64. The van der Waals surface area contributed by atoms with Gasteiger partial charge in [0.1, 0.15) is 10.7 Å². The first-order chi connectivity index (χ1) is 16.7. The Hall–Kier alpha value is -2.08. The number of nitrogens with zero attached hydrogens (tertiary/aromatic N) is 3. The van der Waals surface area contributed by atoms with Crippen molar-refractivity contribution >= 4 is 34.9 Å². The van der Waals surface area contributed by atoms with Crippen molar-refractivity contribution in [2.45, 2.75) is 58.7 Å². The number of carbonyl (C=O) groups excluding carboxylic acids is 2. The van der Waals surface area contributed by atoms with Gasteiger partial charge in [0.15, 0.2) is 0 Å². The van der Waals surface area contributed by atoms with Crippen LogP contribution in [0.4, 0.5) is 4.79 Å². The summed E-state index contributed by atoms with van der Waals surface area (Å²) in [6.45, 7) is 7.89. The molecule has 2 aromatic rings. The molecule has 11 heteroatoms. The van der Waals surface area contributed by atoms with Gasteiger partial charge in [-0.3, -0.25) is 4.84 Å². The van der Waals surface area contributed by atoms with Crippen molar-refractivity contribution in [3.63, 3.8) is 0 Å². The molecular formula is C24H34ClN5O4S. The number of urea groups is 1. The zero-order valence-electron chi connectivity index (χ0n) is 20.7. The molecule has 1 aliphatic heterocycles. The van der Waals surface area contributed by atoms with Gasteiger partial charge in [-0.2, -0.15) is 11.3 Å². The summed E-state index contributed by atoms with van der Waals surface area (Å²) >= 11 is 7.56. The lowest BCUT2D eigenvalue weighted by molar-refractivity contribution is -0.758. The average Bonchev–Trinajstić information content (AvgIpc) is 3.33. The fraction of sp³-hybridized carbons (Fsp3) is 0.542. The van der Waals surface area contributed by atoms with Gasteiger partial charge in [0, 0.05) is 38.1 Å². The average molecular weight is 524 g/mol. The third-order valence-corrected chi connectivity index (χ3v) is 7.51. The van der Waals surface area contributed by atoms with Gasteiger partial charge in [-0.05, 0) is 67.6 Å². The number of nitrogens with one attached hydrogen (secondary N) is 2. The quantitative estimate of drug-likeness (QED) is 0.387. The van der Waals surface area contributed by atoms with E-state index in [0.29, 0.717) is 34.9 Å². The van der Waals surface area contributed by atoms with Crippen LogP contribution in [0.1, 0.15) is 53.4 Å². The zero-order chi connectivity index (χ0) is 25.5. The number of pyridine rings is 1. The molecule has 2 N–H and O–H groups in total. The molecule has 3 rings (SSSR count). The minimum Gasteiger partial charge on any atom is -0.626 e. The maximum Gasteiger partial charge on any atom is 0.346 e. The molecule has 1 fully saturated rings. The molecule has 2 aromatic heterocycles. The van der Waals surface area contributed by atoms with Gasteiger partial charge < -0.3 is 20.1 Å². The summed E-state index contributed by atoms with van der Waals surface area (Å²) in [6.07, 6.45) is 2.25. The second kappa shape index (κ2) is 12.8. The minimum atomic E-state index is -0.497. The van der Waals surface area contributed by atoms with Gasteiger partial charge in [-0.25, -0.2) is 20.1 Å². The molecule has 3 amide bonds. The molecule has 1 unspecified atom stereocenters. The molecule has 1 saturated heterocycles. The van der Waals surface area contributed by atoms with Crippen LogP contribution in [0.25, 0.3) is 0 Å². The summed E-state index contributed by atoms with van der Waals surface area (Å²) in [5.74, 6) is -0.497. The second-order valence-electron chi connectivity index (χ2n) is 9.00. The van der Waals surface area contributed by atoms with E-state index in [2.05, 4.69) is 22.3 Å². The van der Waals surface area contributed by atoms with E-state index in [1.807, 2.05) is 21.7 Å². The van der Waals surface area contributed by atoms with Crippen molar-refractivity contribution in [3.05, 3.63) is 55.6 Å². The lowest BCUT2D eigenvalue weighted by Gasteiger charge is -2.40. The molecule has 0 radical (unpaired) electrons. The zero-order valence-corrected chi connectivity index (χ0v) is 22.2. The highest BCUT2D eigenvalue weighted by Gasteiger charge is 2.30. The molecule has 192 valence electrons. The van der Waals surface area contributed by atoms with Crippen LogP contribution in [0.3, 0.4) is 0 Å². The molecule has 0 saturated carbocycles. The highest BCUT2D eigenvalue weighted by atomic mass is 35.5. The van der Waals surface area contributed by atoms with Gasteiger partial charge in [0.25, 0.3) is 0 Å².